The summed E-state index contributed by atoms with van der Waals surface area (Å²) in [6.07, 6.45) is 13.4. The van der Waals surface area contributed by atoms with Gasteiger partial charge in [0.2, 0.25) is 0 Å². The molecule has 1 aliphatic rings. The van der Waals surface area contributed by atoms with Crippen molar-refractivity contribution in [3.63, 3.8) is 0 Å². The lowest BCUT2D eigenvalue weighted by Gasteiger charge is -2.06. The summed E-state index contributed by atoms with van der Waals surface area (Å²) in [5.41, 5.74) is 7.78. The number of H-pyrrole nitrogens is 1. The average Bonchev–Trinajstić information content (AvgIpc) is 3.35. The van der Waals surface area contributed by atoms with Gasteiger partial charge in [0.1, 0.15) is 5.82 Å². The summed E-state index contributed by atoms with van der Waals surface area (Å²) in [5.74, 6) is 0.913. The molecule has 2 aromatic carbocycles. The van der Waals surface area contributed by atoms with E-state index in [-0.39, 0.29) is 0 Å². The lowest BCUT2D eigenvalue weighted by Crippen LogP contribution is -2.01. The highest BCUT2D eigenvalue weighted by molar-refractivity contribution is 5.83. The molecular weight excluding hydrogens is 342 g/mol. The molecule has 3 nitrogen and oxygen atoms in total. The van der Waals surface area contributed by atoms with Crippen molar-refractivity contribution >= 4 is 17.0 Å². The molecule has 0 unspecified atom stereocenters. The van der Waals surface area contributed by atoms with Crippen LogP contribution in [0.3, 0.4) is 0 Å². The number of rotatable bonds is 6. The summed E-state index contributed by atoms with van der Waals surface area (Å²) in [7, 11) is 0. The van der Waals surface area contributed by atoms with Crippen LogP contribution in [-0.2, 0) is 25.7 Å². The van der Waals surface area contributed by atoms with Gasteiger partial charge in [0, 0.05) is 35.4 Å². The third kappa shape index (κ3) is 3.48. The average molecular weight is 365 g/mol. The number of nitrogens with zero attached hydrogens (tertiary/aromatic N) is 2. The molecule has 0 saturated carbocycles. The van der Waals surface area contributed by atoms with Gasteiger partial charge in [-0.15, -0.1) is 0 Å². The summed E-state index contributed by atoms with van der Waals surface area (Å²) in [5, 5.41) is 1.33. The molecule has 0 bridgehead atoms. The number of fused-ring (bicyclic) bond motifs is 2. The summed E-state index contributed by atoms with van der Waals surface area (Å²) < 4.78 is 0. The number of allylic oxidation sites excluding steroid dienone is 1. The smallest absolute Gasteiger partial charge is 0.132 e. The molecule has 3 heteroatoms. The normalized spacial score (nSPS) is 12.6. The van der Waals surface area contributed by atoms with E-state index in [9.17, 15) is 0 Å². The van der Waals surface area contributed by atoms with Gasteiger partial charge in [0.05, 0.1) is 0 Å². The molecule has 0 saturated heterocycles. The predicted molar refractivity (Wildman–Crippen MR) is 114 cm³/mol. The largest absolute Gasteiger partial charge is 0.361 e. The van der Waals surface area contributed by atoms with Crippen molar-refractivity contribution in [3.8, 4) is 0 Å². The lowest BCUT2D eigenvalue weighted by atomic mass is 10.0. The van der Waals surface area contributed by atoms with Crippen LogP contribution in [0.2, 0.25) is 0 Å². The molecule has 0 amide bonds. The second-order valence-electron chi connectivity index (χ2n) is 7.49. The number of para-hydroxylation sites is 1. The van der Waals surface area contributed by atoms with E-state index in [4.69, 9.17) is 4.98 Å². The molecule has 0 fully saturated rings. The molecule has 1 aliphatic carbocycles. The summed E-state index contributed by atoms with van der Waals surface area (Å²) in [4.78, 5) is 12.7. The van der Waals surface area contributed by atoms with Crippen molar-refractivity contribution in [1.29, 1.82) is 0 Å². The van der Waals surface area contributed by atoms with E-state index in [2.05, 4.69) is 70.8 Å². The van der Waals surface area contributed by atoms with E-state index in [0.29, 0.717) is 0 Å². The number of nitrogens with one attached hydrogen (secondary N) is 1. The summed E-state index contributed by atoms with van der Waals surface area (Å²) >= 11 is 0. The maximum Gasteiger partial charge on any atom is 0.132 e. The van der Waals surface area contributed by atoms with Crippen LogP contribution in [0.4, 0.5) is 0 Å². The van der Waals surface area contributed by atoms with Crippen LogP contribution < -0.4 is 0 Å². The first kappa shape index (κ1) is 16.9. The summed E-state index contributed by atoms with van der Waals surface area (Å²) in [6, 6.07) is 17.2. The van der Waals surface area contributed by atoms with Gasteiger partial charge in [0.25, 0.3) is 0 Å². The maximum absolute atomic E-state index is 4.81. The van der Waals surface area contributed by atoms with Crippen molar-refractivity contribution in [2.24, 2.45) is 0 Å². The molecule has 2 aromatic heterocycles. The molecule has 0 aliphatic heterocycles. The molecule has 4 aromatic rings. The van der Waals surface area contributed by atoms with Gasteiger partial charge in [0.15, 0.2) is 0 Å². The van der Waals surface area contributed by atoms with Gasteiger partial charge in [-0.1, -0.05) is 48.6 Å². The third-order valence-corrected chi connectivity index (χ3v) is 5.52. The molecule has 0 radical (unpaired) electrons. The van der Waals surface area contributed by atoms with Gasteiger partial charge >= 0.3 is 0 Å². The Morgan fingerprint density at radius 3 is 2.96 bits per heavy atom. The molecule has 2 heterocycles. The molecule has 138 valence electrons. The Labute approximate surface area is 165 Å². The highest BCUT2D eigenvalue weighted by Crippen LogP contribution is 2.22. The highest BCUT2D eigenvalue weighted by Gasteiger charge is 2.08. The van der Waals surface area contributed by atoms with Crippen LogP contribution in [0, 0.1) is 0 Å². The Kier molecular flexibility index (Phi) is 4.50. The minimum absolute atomic E-state index is 0.795. The lowest BCUT2D eigenvalue weighted by molar-refractivity contribution is 0.785. The Morgan fingerprint density at radius 1 is 1.00 bits per heavy atom. The Hall–Kier alpha value is -3.20. The van der Waals surface area contributed by atoms with Crippen LogP contribution in [0.1, 0.15) is 40.2 Å². The van der Waals surface area contributed by atoms with Gasteiger partial charge in [-0.3, -0.25) is 0 Å². The number of hydrogen-bond acceptors (Lipinski definition) is 2. The van der Waals surface area contributed by atoms with Gasteiger partial charge in [-0.25, -0.2) is 9.97 Å². The fourth-order valence-corrected chi connectivity index (χ4v) is 4.07. The first-order valence-electron chi connectivity index (χ1n) is 9.99. The van der Waals surface area contributed by atoms with Crippen molar-refractivity contribution in [1.82, 2.24) is 15.0 Å². The van der Waals surface area contributed by atoms with Gasteiger partial charge < -0.3 is 4.98 Å². The van der Waals surface area contributed by atoms with Crippen LogP contribution in [0.5, 0.6) is 0 Å². The fourth-order valence-electron chi connectivity index (χ4n) is 4.07. The Bertz CT molecular complexity index is 1150. The van der Waals surface area contributed by atoms with E-state index in [1.54, 1.807) is 0 Å². The zero-order valence-corrected chi connectivity index (χ0v) is 15.9. The van der Waals surface area contributed by atoms with Crippen LogP contribution >= 0.6 is 0 Å². The Morgan fingerprint density at radius 2 is 1.96 bits per heavy atom. The summed E-state index contributed by atoms with van der Waals surface area (Å²) in [6.45, 7) is 0. The van der Waals surface area contributed by atoms with Crippen LogP contribution in [-0.4, -0.2) is 15.0 Å². The molecular formula is C25H23N3. The van der Waals surface area contributed by atoms with Crippen molar-refractivity contribution in [2.75, 3.05) is 0 Å². The van der Waals surface area contributed by atoms with E-state index < -0.39 is 0 Å². The van der Waals surface area contributed by atoms with E-state index in [0.717, 1.165) is 43.6 Å². The predicted octanol–water partition coefficient (Wildman–Crippen LogP) is 5.29. The van der Waals surface area contributed by atoms with Gasteiger partial charge in [-0.05, 0) is 60.1 Å². The number of hydrogen-bond donors (Lipinski definition) is 1. The van der Waals surface area contributed by atoms with E-state index >= 15 is 0 Å². The zero-order chi connectivity index (χ0) is 18.8. The number of benzene rings is 2. The standard InChI is InChI=1S/C25H23N3/c1-2-10-24-23(9-1)21(17-27-24)7-4-8-22-13-14-26-25(28-22)16-18-11-12-19-5-3-6-20(19)15-18/h1-3,5,9-15,17,27H,4,6-8,16H2. The first-order chi connectivity index (χ1) is 13.8. The number of aromatic amines is 1. The van der Waals surface area contributed by atoms with Crippen LogP contribution in [0.25, 0.3) is 17.0 Å². The van der Waals surface area contributed by atoms with E-state index in [1.807, 2.05) is 12.3 Å². The molecule has 5 rings (SSSR count). The monoisotopic (exact) mass is 365 g/mol. The number of aryl methyl sites for hydroxylation is 2. The minimum atomic E-state index is 0.795. The second kappa shape index (κ2) is 7.43. The van der Waals surface area contributed by atoms with Gasteiger partial charge in [-0.2, -0.15) is 0 Å². The van der Waals surface area contributed by atoms with Crippen molar-refractivity contribution in [3.05, 3.63) is 101 Å². The van der Waals surface area contributed by atoms with Crippen LogP contribution in [0.15, 0.2) is 67.0 Å². The third-order valence-electron chi connectivity index (χ3n) is 5.52. The minimum Gasteiger partial charge on any atom is -0.361 e. The molecule has 0 atom stereocenters. The zero-order valence-electron chi connectivity index (χ0n) is 15.9. The SMILES string of the molecule is C1=Cc2ccc(Cc3nccc(CCCc4c[nH]c5ccccc45)n3)cc2C1. The van der Waals surface area contributed by atoms with Crippen molar-refractivity contribution < 1.29 is 0 Å². The topological polar surface area (TPSA) is 41.6 Å². The highest BCUT2D eigenvalue weighted by atomic mass is 14.9. The first-order valence-corrected chi connectivity index (χ1v) is 9.99. The van der Waals surface area contributed by atoms with E-state index in [1.165, 1.54) is 33.2 Å². The second-order valence-corrected chi connectivity index (χ2v) is 7.49. The number of aromatic nitrogens is 3. The Balaban J connectivity index is 1.23. The quantitative estimate of drug-likeness (QED) is 0.504. The maximum atomic E-state index is 4.81. The fraction of sp³-hybridized carbons (Fsp3) is 0.200. The molecule has 0 spiro atoms. The molecule has 1 N–H and O–H groups in total. The van der Waals surface area contributed by atoms with Crippen molar-refractivity contribution in [2.45, 2.75) is 32.1 Å². The molecule has 28 heavy (non-hydrogen) atoms.